The molecule has 0 fully saturated rings. The number of benzene rings is 1. The summed E-state index contributed by atoms with van der Waals surface area (Å²) in [4.78, 5) is 0. The Morgan fingerprint density at radius 3 is 2.47 bits per heavy atom. The van der Waals surface area contributed by atoms with Crippen LogP contribution in [-0.4, -0.2) is 14.1 Å². The normalized spacial score (nSPS) is 12.1. The Bertz CT molecular complexity index is 373. The van der Waals surface area contributed by atoms with Gasteiger partial charge in [-0.25, -0.2) is 4.39 Å². The van der Waals surface area contributed by atoms with Gasteiger partial charge in [0.25, 0.3) is 0 Å². The highest BCUT2D eigenvalue weighted by molar-refractivity contribution is 6.64. The van der Waals surface area contributed by atoms with Crippen LogP contribution in [0.2, 0.25) is 0 Å². The van der Waals surface area contributed by atoms with Crippen molar-refractivity contribution in [2.45, 2.75) is 0 Å². The first-order chi connectivity index (χ1) is 6.94. The van der Waals surface area contributed by atoms with Crippen molar-refractivity contribution < 1.29 is 22.1 Å². The lowest BCUT2D eigenvalue weighted by molar-refractivity contribution is 0.385. The molecule has 0 aliphatic heterocycles. The van der Waals surface area contributed by atoms with E-state index >= 15 is 0 Å². The van der Waals surface area contributed by atoms with Crippen LogP contribution in [0.4, 0.5) is 17.3 Å². The highest BCUT2D eigenvalue weighted by Crippen LogP contribution is 2.24. The molecule has 0 bridgehead atoms. The van der Waals surface area contributed by atoms with E-state index in [2.05, 4.69) is 4.74 Å². The maximum atomic E-state index is 13.0. The van der Waals surface area contributed by atoms with Gasteiger partial charge >= 0.3 is 6.98 Å². The minimum Gasteiger partial charge on any atom is -0.493 e. The number of halogens is 4. The molecule has 6 heteroatoms. The molecule has 0 atom stereocenters. The van der Waals surface area contributed by atoms with Crippen molar-refractivity contribution >= 4 is 13.1 Å². The van der Waals surface area contributed by atoms with Gasteiger partial charge in [-0.2, -0.15) is 0 Å². The van der Waals surface area contributed by atoms with Crippen LogP contribution in [-0.2, 0) is 0 Å². The zero-order valence-electron chi connectivity index (χ0n) is 7.88. The SMILES string of the molecule is COc1c(F)cccc1/C=C/[B-](F)(F)F. The van der Waals surface area contributed by atoms with Gasteiger partial charge in [-0.15, -0.1) is 5.98 Å². The summed E-state index contributed by atoms with van der Waals surface area (Å²) in [6, 6.07) is 3.79. The standard InChI is InChI=1S/C9H8BF4O/c1-15-9-7(3-2-4-8(9)11)5-6-10(12,13)14/h2-6H,1H3/q-1/b6-5+. The molecule has 1 rings (SSSR count). The first-order valence-electron chi connectivity index (χ1n) is 4.16. The van der Waals surface area contributed by atoms with Crippen LogP contribution in [0.3, 0.4) is 0 Å². The Morgan fingerprint density at radius 2 is 1.93 bits per heavy atom. The number of hydrogen-bond acceptors (Lipinski definition) is 1. The summed E-state index contributed by atoms with van der Waals surface area (Å²) >= 11 is 0. The molecular formula is C9H8BF4O-. The van der Waals surface area contributed by atoms with Crippen molar-refractivity contribution in [1.29, 1.82) is 0 Å². The number of rotatable bonds is 3. The van der Waals surface area contributed by atoms with Gasteiger partial charge in [-0.05, 0) is 6.07 Å². The van der Waals surface area contributed by atoms with Crippen LogP contribution in [0.15, 0.2) is 24.2 Å². The lowest BCUT2D eigenvalue weighted by Gasteiger charge is -2.09. The summed E-state index contributed by atoms with van der Waals surface area (Å²) in [6.45, 7) is -5.02. The molecule has 0 saturated heterocycles. The second kappa shape index (κ2) is 4.38. The van der Waals surface area contributed by atoms with E-state index in [0.29, 0.717) is 0 Å². The molecule has 1 aromatic carbocycles. The molecule has 82 valence electrons. The van der Waals surface area contributed by atoms with Crippen LogP contribution in [0, 0.1) is 5.82 Å². The molecular weight excluding hydrogens is 211 g/mol. The fourth-order valence-electron chi connectivity index (χ4n) is 1.08. The van der Waals surface area contributed by atoms with Crippen molar-refractivity contribution in [2.24, 2.45) is 0 Å². The maximum Gasteiger partial charge on any atom is 0.502 e. The van der Waals surface area contributed by atoms with E-state index in [0.717, 1.165) is 12.1 Å². The van der Waals surface area contributed by atoms with Crippen LogP contribution in [0.1, 0.15) is 5.56 Å². The summed E-state index contributed by atoms with van der Waals surface area (Å²) in [5.41, 5.74) is 0.0664. The van der Waals surface area contributed by atoms with E-state index < -0.39 is 12.8 Å². The molecule has 1 aromatic rings. The zero-order valence-corrected chi connectivity index (χ0v) is 7.88. The number of para-hydroxylation sites is 1. The lowest BCUT2D eigenvalue weighted by atomic mass is 9.90. The predicted octanol–water partition coefficient (Wildman–Crippen LogP) is 3.23. The zero-order chi connectivity index (χ0) is 11.5. The quantitative estimate of drug-likeness (QED) is 0.560. The molecule has 0 aromatic heterocycles. The number of hydrogen-bond donors (Lipinski definition) is 0. The minimum absolute atomic E-state index is 0.0664. The Kier molecular flexibility index (Phi) is 3.39. The molecule has 1 nitrogen and oxygen atoms in total. The summed E-state index contributed by atoms with van der Waals surface area (Å²) in [7, 11) is 1.20. The molecule has 0 aliphatic carbocycles. The van der Waals surface area contributed by atoms with Gasteiger partial charge in [0.2, 0.25) is 0 Å². The van der Waals surface area contributed by atoms with Crippen LogP contribution in [0.5, 0.6) is 5.75 Å². The summed E-state index contributed by atoms with van der Waals surface area (Å²) in [5, 5.41) is 0. The summed E-state index contributed by atoms with van der Waals surface area (Å²) < 4.78 is 53.4. The van der Waals surface area contributed by atoms with Gasteiger partial charge in [0, 0.05) is 5.56 Å². The second-order valence-corrected chi connectivity index (χ2v) is 2.85. The average molecular weight is 219 g/mol. The van der Waals surface area contributed by atoms with E-state index in [1.54, 1.807) is 0 Å². The highest BCUT2D eigenvalue weighted by Gasteiger charge is 2.17. The Balaban J connectivity index is 3.05. The molecule has 0 amide bonds. The third-order valence-electron chi connectivity index (χ3n) is 1.70. The van der Waals surface area contributed by atoms with Crippen molar-refractivity contribution in [2.75, 3.05) is 7.11 Å². The van der Waals surface area contributed by atoms with Crippen LogP contribution >= 0.6 is 0 Å². The number of ether oxygens (including phenoxy) is 1. The smallest absolute Gasteiger partial charge is 0.493 e. The molecule has 0 saturated carbocycles. The third-order valence-corrected chi connectivity index (χ3v) is 1.70. The lowest BCUT2D eigenvalue weighted by Crippen LogP contribution is -2.09. The van der Waals surface area contributed by atoms with Crippen LogP contribution < -0.4 is 4.74 Å². The summed E-state index contributed by atoms with van der Waals surface area (Å²) in [5.74, 6) is -0.778. The second-order valence-electron chi connectivity index (χ2n) is 2.85. The van der Waals surface area contributed by atoms with Gasteiger partial charge in [0.05, 0.1) is 7.11 Å². The molecule has 0 N–H and O–H groups in total. The van der Waals surface area contributed by atoms with E-state index in [1.165, 1.54) is 19.2 Å². The fourth-order valence-corrected chi connectivity index (χ4v) is 1.08. The van der Waals surface area contributed by atoms with Gasteiger partial charge in [0.15, 0.2) is 11.6 Å². The number of methoxy groups -OCH3 is 1. The van der Waals surface area contributed by atoms with Gasteiger partial charge in [-0.3, -0.25) is 0 Å². The molecule has 15 heavy (non-hydrogen) atoms. The monoisotopic (exact) mass is 219 g/mol. The highest BCUT2D eigenvalue weighted by atomic mass is 19.4. The summed E-state index contributed by atoms with van der Waals surface area (Å²) in [6.07, 6.45) is 0.794. The first-order valence-corrected chi connectivity index (χ1v) is 4.16. The molecule has 0 heterocycles. The van der Waals surface area contributed by atoms with Crippen molar-refractivity contribution in [3.63, 3.8) is 0 Å². The molecule has 0 spiro atoms. The van der Waals surface area contributed by atoms with E-state index in [-0.39, 0.29) is 17.3 Å². The predicted molar refractivity (Wildman–Crippen MR) is 51.1 cm³/mol. The Hall–Kier alpha value is -1.46. The molecule has 0 aliphatic rings. The van der Waals surface area contributed by atoms with E-state index in [1.807, 2.05) is 0 Å². The molecule has 0 radical (unpaired) electrons. The maximum absolute atomic E-state index is 13.0. The van der Waals surface area contributed by atoms with Crippen molar-refractivity contribution in [1.82, 2.24) is 0 Å². The van der Waals surface area contributed by atoms with Gasteiger partial charge in [-0.1, -0.05) is 18.2 Å². The van der Waals surface area contributed by atoms with E-state index in [4.69, 9.17) is 0 Å². The minimum atomic E-state index is -5.02. The third kappa shape index (κ3) is 3.30. The average Bonchev–Trinajstić information content (AvgIpc) is 2.13. The van der Waals surface area contributed by atoms with Crippen molar-refractivity contribution in [3.05, 3.63) is 35.6 Å². The topological polar surface area (TPSA) is 9.23 Å². The molecule has 0 unspecified atom stereocenters. The van der Waals surface area contributed by atoms with Crippen LogP contribution in [0.25, 0.3) is 6.08 Å². The first kappa shape index (κ1) is 11.6. The van der Waals surface area contributed by atoms with Crippen molar-refractivity contribution in [3.8, 4) is 5.75 Å². The largest absolute Gasteiger partial charge is 0.502 e. The fraction of sp³-hybridized carbons (Fsp3) is 0.111. The Labute approximate surface area is 84.4 Å². The van der Waals surface area contributed by atoms with Gasteiger partial charge < -0.3 is 17.7 Å². The Morgan fingerprint density at radius 1 is 1.27 bits per heavy atom. The van der Waals surface area contributed by atoms with Gasteiger partial charge in [0.1, 0.15) is 0 Å². The van der Waals surface area contributed by atoms with E-state index in [9.17, 15) is 17.3 Å².